The van der Waals surface area contributed by atoms with Gasteiger partial charge in [0.25, 0.3) is 5.91 Å². The molecule has 2 rings (SSSR count). The average Bonchev–Trinajstić information content (AvgIpc) is 2.62. The Balaban J connectivity index is 2.05. The van der Waals surface area contributed by atoms with Gasteiger partial charge in [0.15, 0.2) is 0 Å². The van der Waals surface area contributed by atoms with E-state index in [1.807, 2.05) is 13.8 Å². The number of hydrogen-bond acceptors (Lipinski definition) is 6. The maximum atomic E-state index is 12.6. The summed E-state index contributed by atoms with van der Waals surface area (Å²) in [5.41, 5.74) is 1.28. The fourth-order valence-electron chi connectivity index (χ4n) is 2.33. The first-order valence-electron chi connectivity index (χ1n) is 8.37. The Morgan fingerprint density at radius 2 is 1.81 bits per heavy atom. The van der Waals surface area contributed by atoms with Crippen LogP contribution >= 0.6 is 0 Å². The maximum absolute atomic E-state index is 12.6. The van der Waals surface area contributed by atoms with Crippen LogP contribution in [0.15, 0.2) is 41.6 Å². The summed E-state index contributed by atoms with van der Waals surface area (Å²) in [6.45, 7) is 4.10. The van der Waals surface area contributed by atoms with Crippen molar-refractivity contribution >= 4 is 15.9 Å². The number of benzene rings is 1. The predicted molar refractivity (Wildman–Crippen MR) is 101 cm³/mol. The molecular formula is C18H24N4O4S. The third-order valence-corrected chi connectivity index (χ3v) is 5.67. The zero-order valence-corrected chi connectivity index (χ0v) is 16.7. The molecule has 0 saturated heterocycles. The largest absolute Gasteiger partial charge is 0.383 e. The molecule has 1 atom stereocenters. The van der Waals surface area contributed by atoms with Gasteiger partial charge in [0.2, 0.25) is 10.0 Å². The molecule has 0 bridgehead atoms. The Morgan fingerprint density at radius 3 is 2.37 bits per heavy atom. The Morgan fingerprint density at radius 1 is 1.22 bits per heavy atom. The van der Waals surface area contributed by atoms with E-state index in [4.69, 9.17) is 4.74 Å². The summed E-state index contributed by atoms with van der Waals surface area (Å²) in [6, 6.07) is 6.48. The van der Waals surface area contributed by atoms with Gasteiger partial charge in [-0.25, -0.2) is 18.4 Å². The first-order valence-corrected chi connectivity index (χ1v) is 9.81. The zero-order chi connectivity index (χ0) is 20.0. The van der Waals surface area contributed by atoms with Crippen molar-refractivity contribution < 1.29 is 17.9 Å². The number of sulfonamides is 1. The van der Waals surface area contributed by atoms with Crippen LogP contribution < -0.4 is 5.32 Å². The van der Waals surface area contributed by atoms with Gasteiger partial charge < -0.3 is 10.1 Å². The minimum atomic E-state index is -3.64. The van der Waals surface area contributed by atoms with E-state index >= 15 is 0 Å². The summed E-state index contributed by atoms with van der Waals surface area (Å²) in [6.07, 6.45) is 2.76. The number of amides is 1. The minimum absolute atomic E-state index is 0.00180. The Kier molecular flexibility index (Phi) is 7.00. The monoisotopic (exact) mass is 392 g/mol. The molecule has 0 aliphatic heterocycles. The van der Waals surface area contributed by atoms with Gasteiger partial charge in [0.1, 0.15) is 5.82 Å². The average molecular weight is 392 g/mol. The fourth-order valence-corrected chi connectivity index (χ4v) is 3.45. The van der Waals surface area contributed by atoms with E-state index in [0.29, 0.717) is 18.0 Å². The molecule has 0 saturated carbocycles. The van der Waals surface area contributed by atoms with Crippen LogP contribution in [-0.2, 0) is 21.3 Å². The number of aromatic nitrogens is 2. The van der Waals surface area contributed by atoms with E-state index in [1.165, 1.54) is 23.7 Å². The van der Waals surface area contributed by atoms with Crippen molar-refractivity contribution in [3.63, 3.8) is 0 Å². The van der Waals surface area contributed by atoms with E-state index in [0.717, 1.165) is 5.56 Å². The number of nitrogens with zero attached hydrogens (tertiary/aromatic N) is 3. The van der Waals surface area contributed by atoms with Gasteiger partial charge in [-0.3, -0.25) is 4.79 Å². The number of hydrogen-bond donors (Lipinski definition) is 1. The van der Waals surface area contributed by atoms with Crippen molar-refractivity contribution in [3.05, 3.63) is 53.6 Å². The summed E-state index contributed by atoms with van der Waals surface area (Å²) < 4.78 is 31.3. The molecule has 0 radical (unpaired) electrons. The number of ether oxygens (including phenoxy) is 1. The summed E-state index contributed by atoms with van der Waals surface area (Å²) in [5.74, 6) is -0.0126. The minimum Gasteiger partial charge on any atom is -0.383 e. The third-order valence-electron chi connectivity index (χ3n) is 3.85. The molecule has 1 heterocycles. The number of rotatable bonds is 8. The van der Waals surface area contributed by atoms with Crippen LogP contribution in [0.2, 0.25) is 0 Å². The maximum Gasteiger partial charge on any atom is 0.254 e. The summed E-state index contributed by atoms with van der Waals surface area (Å²) in [5, 5.41) is 2.76. The van der Waals surface area contributed by atoms with Crippen molar-refractivity contribution in [2.75, 3.05) is 20.8 Å². The van der Waals surface area contributed by atoms with Crippen LogP contribution in [0.25, 0.3) is 0 Å². The Bertz CT molecular complexity index is 867. The standard InChI is InChI=1S/C18H24N4O4S/c1-13-5-7-16(8-6-13)27(24,25)22(3)11-17-19-9-15(10-20-17)18(23)21-14(2)12-26-4/h5-10,14H,11-12H2,1-4H3,(H,21,23)/t14-/m0/s1. The quantitative estimate of drug-likeness (QED) is 0.728. The molecule has 0 spiro atoms. The molecule has 0 fully saturated rings. The summed E-state index contributed by atoms with van der Waals surface area (Å²) in [4.78, 5) is 20.5. The van der Waals surface area contributed by atoms with Crippen molar-refractivity contribution in [2.45, 2.75) is 31.3 Å². The first kappa shape index (κ1) is 20.9. The molecule has 0 aliphatic rings. The normalized spacial score (nSPS) is 12.8. The number of nitrogens with one attached hydrogen (secondary N) is 1. The lowest BCUT2D eigenvalue weighted by molar-refractivity contribution is 0.0904. The van der Waals surface area contributed by atoms with E-state index < -0.39 is 10.0 Å². The van der Waals surface area contributed by atoms with Crippen LogP contribution in [0.5, 0.6) is 0 Å². The SMILES string of the molecule is COC[C@H](C)NC(=O)c1cnc(CN(C)S(=O)(=O)c2ccc(C)cc2)nc1. The lowest BCUT2D eigenvalue weighted by Crippen LogP contribution is -2.35. The van der Waals surface area contributed by atoms with E-state index in [1.54, 1.807) is 31.4 Å². The van der Waals surface area contributed by atoms with Crippen molar-refractivity contribution in [3.8, 4) is 0 Å². The van der Waals surface area contributed by atoms with Gasteiger partial charge in [-0.15, -0.1) is 0 Å². The predicted octanol–water partition coefficient (Wildman–Crippen LogP) is 1.37. The highest BCUT2D eigenvalue weighted by atomic mass is 32.2. The van der Waals surface area contributed by atoms with Gasteiger partial charge in [0.05, 0.1) is 23.6 Å². The van der Waals surface area contributed by atoms with Gasteiger partial charge in [-0.05, 0) is 26.0 Å². The molecule has 27 heavy (non-hydrogen) atoms. The highest BCUT2D eigenvalue weighted by Gasteiger charge is 2.21. The number of methoxy groups -OCH3 is 1. The highest BCUT2D eigenvalue weighted by Crippen LogP contribution is 2.16. The van der Waals surface area contributed by atoms with Gasteiger partial charge in [0, 0.05) is 32.6 Å². The smallest absolute Gasteiger partial charge is 0.254 e. The number of carbonyl (C=O) groups is 1. The zero-order valence-electron chi connectivity index (χ0n) is 15.8. The molecule has 9 heteroatoms. The topological polar surface area (TPSA) is 101 Å². The molecule has 2 aromatic rings. The lowest BCUT2D eigenvalue weighted by atomic mass is 10.2. The first-order chi connectivity index (χ1) is 12.7. The van der Waals surface area contributed by atoms with Gasteiger partial charge in [-0.2, -0.15) is 4.31 Å². The second kappa shape index (κ2) is 9.03. The molecule has 1 aromatic carbocycles. The van der Waals surface area contributed by atoms with Crippen molar-refractivity contribution in [1.29, 1.82) is 0 Å². The van der Waals surface area contributed by atoms with Crippen LogP contribution in [0.4, 0.5) is 0 Å². The number of carbonyl (C=O) groups excluding carboxylic acids is 1. The van der Waals surface area contributed by atoms with Crippen LogP contribution in [-0.4, -0.2) is 55.4 Å². The summed E-state index contributed by atoms with van der Waals surface area (Å²) >= 11 is 0. The van der Waals surface area contributed by atoms with Gasteiger partial charge in [-0.1, -0.05) is 17.7 Å². The molecule has 0 unspecified atom stereocenters. The molecule has 8 nitrogen and oxygen atoms in total. The Labute approximate surface area is 159 Å². The molecule has 1 amide bonds. The number of aryl methyl sites for hydroxylation is 1. The van der Waals surface area contributed by atoms with Crippen LogP contribution in [0, 0.1) is 6.92 Å². The highest BCUT2D eigenvalue weighted by molar-refractivity contribution is 7.89. The molecule has 0 aliphatic carbocycles. The van der Waals surface area contributed by atoms with E-state index in [9.17, 15) is 13.2 Å². The van der Waals surface area contributed by atoms with Crippen LogP contribution in [0.1, 0.15) is 28.7 Å². The molecule has 1 N–H and O–H groups in total. The van der Waals surface area contributed by atoms with Crippen molar-refractivity contribution in [2.24, 2.45) is 0 Å². The van der Waals surface area contributed by atoms with Crippen LogP contribution in [0.3, 0.4) is 0 Å². The van der Waals surface area contributed by atoms with E-state index in [2.05, 4.69) is 15.3 Å². The van der Waals surface area contributed by atoms with Gasteiger partial charge >= 0.3 is 0 Å². The second-order valence-corrected chi connectivity index (χ2v) is 8.34. The van der Waals surface area contributed by atoms with E-state index in [-0.39, 0.29) is 23.4 Å². The fraction of sp³-hybridized carbons (Fsp3) is 0.389. The second-order valence-electron chi connectivity index (χ2n) is 6.29. The van der Waals surface area contributed by atoms with Crippen molar-refractivity contribution in [1.82, 2.24) is 19.6 Å². The molecule has 1 aromatic heterocycles. The summed E-state index contributed by atoms with van der Waals surface area (Å²) in [7, 11) is -0.621. The lowest BCUT2D eigenvalue weighted by Gasteiger charge is -2.16. The Hall–Kier alpha value is -2.36. The third kappa shape index (κ3) is 5.56. The molecular weight excluding hydrogens is 368 g/mol. The molecule has 146 valence electrons.